The molecule has 0 aliphatic rings. The Balaban J connectivity index is 1.99. The summed E-state index contributed by atoms with van der Waals surface area (Å²) >= 11 is 3.46. The molecule has 3 rings (SSSR count). The topological polar surface area (TPSA) is 107 Å². The molecule has 0 unspecified atom stereocenters. The molecule has 8 nitrogen and oxygen atoms in total. The zero-order valence-corrected chi connectivity index (χ0v) is 12.3. The van der Waals surface area contributed by atoms with Gasteiger partial charge in [-0.2, -0.15) is 15.0 Å². The summed E-state index contributed by atoms with van der Waals surface area (Å²) in [5, 5.41) is 3.11. The van der Waals surface area contributed by atoms with Crippen LogP contribution in [-0.2, 0) is 0 Å². The van der Waals surface area contributed by atoms with Gasteiger partial charge in [0, 0.05) is 16.9 Å². The van der Waals surface area contributed by atoms with Crippen LogP contribution < -0.4 is 16.6 Å². The Bertz CT molecular complexity index is 743. The molecule has 0 amide bonds. The largest absolute Gasteiger partial charge is 0.323 e. The maximum atomic E-state index is 5.40. The van der Waals surface area contributed by atoms with Crippen LogP contribution in [0, 0.1) is 0 Å². The Morgan fingerprint density at radius 3 is 2.62 bits per heavy atom. The molecule has 3 aromatic rings. The predicted octanol–water partition coefficient (Wildman–Crippen LogP) is 1.85. The molecule has 1 aromatic carbocycles. The number of benzene rings is 1. The van der Waals surface area contributed by atoms with Gasteiger partial charge in [0.05, 0.1) is 5.69 Å². The van der Waals surface area contributed by atoms with Crippen LogP contribution in [0.1, 0.15) is 0 Å². The van der Waals surface area contributed by atoms with E-state index in [1.807, 2.05) is 24.3 Å². The zero-order valence-electron chi connectivity index (χ0n) is 10.7. The normalized spacial score (nSPS) is 10.4. The fourth-order valence-corrected chi connectivity index (χ4v) is 2.05. The molecule has 21 heavy (non-hydrogen) atoms. The van der Waals surface area contributed by atoms with Crippen LogP contribution >= 0.6 is 15.9 Å². The molecule has 9 heteroatoms. The van der Waals surface area contributed by atoms with E-state index in [-0.39, 0.29) is 5.95 Å². The number of imidazole rings is 1. The van der Waals surface area contributed by atoms with Crippen LogP contribution in [-0.4, -0.2) is 24.5 Å². The van der Waals surface area contributed by atoms with E-state index in [0.29, 0.717) is 11.9 Å². The highest BCUT2D eigenvalue weighted by molar-refractivity contribution is 9.10. The van der Waals surface area contributed by atoms with E-state index >= 15 is 0 Å². The fourth-order valence-electron chi connectivity index (χ4n) is 1.66. The number of hydrazine groups is 1. The average Bonchev–Trinajstić information content (AvgIpc) is 3.04. The maximum absolute atomic E-state index is 5.40. The Morgan fingerprint density at radius 1 is 1.10 bits per heavy atom. The van der Waals surface area contributed by atoms with E-state index in [1.54, 1.807) is 23.3 Å². The molecule has 4 N–H and O–H groups in total. The first-order valence-corrected chi connectivity index (χ1v) is 6.78. The summed E-state index contributed by atoms with van der Waals surface area (Å²) in [6.45, 7) is 0. The summed E-state index contributed by atoms with van der Waals surface area (Å²) < 4.78 is 2.56. The average molecular weight is 347 g/mol. The lowest BCUT2D eigenvalue weighted by Crippen LogP contribution is -2.14. The number of halogens is 1. The second kappa shape index (κ2) is 5.85. The molecule has 0 spiro atoms. The van der Waals surface area contributed by atoms with E-state index in [2.05, 4.69) is 46.6 Å². The summed E-state index contributed by atoms with van der Waals surface area (Å²) in [5.74, 6) is 6.43. The van der Waals surface area contributed by atoms with Gasteiger partial charge in [0.1, 0.15) is 6.33 Å². The molecule has 0 saturated heterocycles. The van der Waals surface area contributed by atoms with Gasteiger partial charge >= 0.3 is 0 Å². The van der Waals surface area contributed by atoms with Gasteiger partial charge in [-0.25, -0.2) is 10.8 Å². The predicted molar refractivity (Wildman–Crippen MR) is 82.2 cm³/mol. The zero-order chi connectivity index (χ0) is 14.7. The van der Waals surface area contributed by atoms with Crippen molar-refractivity contribution in [3.63, 3.8) is 0 Å². The van der Waals surface area contributed by atoms with Gasteiger partial charge in [-0.3, -0.25) is 9.99 Å². The van der Waals surface area contributed by atoms with Gasteiger partial charge in [-0.15, -0.1) is 0 Å². The van der Waals surface area contributed by atoms with Crippen LogP contribution in [0.5, 0.6) is 0 Å². The molecule has 0 atom stereocenters. The molecular weight excluding hydrogens is 336 g/mol. The highest BCUT2D eigenvalue weighted by atomic mass is 79.9. The van der Waals surface area contributed by atoms with E-state index in [9.17, 15) is 0 Å². The minimum Gasteiger partial charge on any atom is -0.323 e. The number of rotatable bonds is 4. The molecule has 0 bridgehead atoms. The minimum atomic E-state index is 0.253. The number of hydrogen-bond acceptors (Lipinski definition) is 7. The number of para-hydroxylation sites is 1. The van der Waals surface area contributed by atoms with Gasteiger partial charge in [-0.05, 0) is 28.1 Å². The third-order valence-electron chi connectivity index (χ3n) is 2.61. The summed E-state index contributed by atoms with van der Waals surface area (Å²) in [4.78, 5) is 16.6. The van der Waals surface area contributed by atoms with E-state index in [1.165, 1.54) is 0 Å². The fraction of sp³-hybridized carbons (Fsp3) is 0. The van der Waals surface area contributed by atoms with Gasteiger partial charge < -0.3 is 5.32 Å². The maximum Gasteiger partial charge on any atom is 0.243 e. The highest BCUT2D eigenvalue weighted by Gasteiger charge is 2.08. The molecule has 2 heterocycles. The van der Waals surface area contributed by atoms with Crippen molar-refractivity contribution in [1.29, 1.82) is 0 Å². The highest BCUT2D eigenvalue weighted by Crippen LogP contribution is 2.24. The second-order valence-corrected chi connectivity index (χ2v) is 4.86. The van der Waals surface area contributed by atoms with Crippen molar-refractivity contribution in [1.82, 2.24) is 24.5 Å². The number of anilines is 3. The van der Waals surface area contributed by atoms with Crippen molar-refractivity contribution in [3.8, 4) is 5.95 Å². The third-order valence-corrected chi connectivity index (χ3v) is 3.30. The molecular formula is C12H11BrN8. The lowest BCUT2D eigenvalue weighted by Gasteiger charge is -2.09. The molecule has 0 aliphatic heterocycles. The summed E-state index contributed by atoms with van der Waals surface area (Å²) in [6.07, 6.45) is 4.97. The second-order valence-electron chi connectivity index (χ2n) is 4.00. The number of aromatic nitrogens is 5. The lowest BCUT2D eigenvalue weighted by atomic mass is 10.3. The van der Waals surface area contributed by atoms with Gasteiger partial charge in [0.2, 0.25) is 17.8 Å². The Morgan fingerprint density at radius 2 is 1.90 bits per heavy atom. The Kier molecular flexibility index (Phi) is 3.75. The van der Waals surface area contributed by atoms with Crippen molar-refractivity contribution in [2.24, 2.45) is 5.84 Å². The first kappa shape index (κ1) is 13.5. The van der Waals surface area contributed by atoms with Crippen molar-refractivity contribution >= 4 is 33.5 Å². The molecule has 0 radical (unpaired) electrons. The molecule has 0 aliphatic carbocycles. The number of hydrogen-bond donors (Lipinski definition) is 3. The quantitative estimate of drug-likeness (QED) is 0.488. The van der Waals surface area contributed by atoms with E-state index in [4.69, 9.17) is 5.84 Å². The molecule has 106 valence electrons. The van der Waals surface area contributed by atoms with E-state index < -0.39 is 0 Å². The number of nitrogens with two attached hydrogens (primary N) is 1. The first-order chi connectivity index (χ1) is 10.3. The van der Waals surface area contributed by atoms with Crippen molar-refractivity contribution in [3.05, 3.63) is 47.5 Å². The molecule has 0 fully saturated rings. The minimum absolute atomic E-state index is 0.253. The molecule has 2 aromatic heterocycles. The van der Waals surface area contributed by atoms with Crippen LogP contribution in [0.25, 0.3) is 5.95 Å². The van der Waals surface area contributed by atoms with E-state index in [0.717, 1.165) is 10.2 Å². The Hall–Kier alpha value is -2.52. The standard InChI is InChI=1S/C12H11BrN8/c13-8-3-1-2-4-9(8)16-10-17-11(20-14)19-12(18-10)21-6-5-15-7-21/h1-7H,14H2,(H2,16,17,18,19,20). The van der Waals surface area contributed by atoms with Crippen LogP contribution in [0.2, 0.25) is 0 Å². The SMILES string of the molecule is NNc1nc(Nc2ccccc2Br)nc(-n2ccnc2)n1. The number of nitrogens with one attached hydrogen (secondary N) is 2. The van der Waals surface area contributed by atoms with Crippen molar-refractivity contribution in [2.45, 2.75) is 0 Å². The summed E-state index contributed by atoms with van der Waals surface area (Å²) in [5.41, 5.74) is 3.26. The van der Waals surface area contributed by atoms with Crippen LogP contribution in [0.3, 0.4) is 0 Å². The number of nitrogen functional groups attached to an aromatic ring is 1. The monoisotopic (exact) mass is 346 g/mol. The summed E-state index contributed by atoms with van der Waals surface area (Å²) in [7, 11) is 0. The third kappa shape index (κ3) is 2.98. The molecule has 0 saturated carbocycles. The Labute approximate surface area is 128 Å². The van der Waals surface area contributed by atoms with Gasteiger partial charge in [0.15, 0.2) is 0 Å². The van der Waals surface area contributed by atoms with Gasteiger partial charge in [-0.1, -0.05) is 12.1 Å². The van der Waals surface area contributed by atoms with Crippen LogP contribution in [0.15, 0.2) is 47.5 Å². The smallest absolute Gasteiger partial charge is 0.243 e. The first-order valence-electron chi connectivity index (χ1n) is 5.99. The number of nitrogens with zero attached hydrogens (tertiary/aromatic N) is 5. The lowest BCUT2D eigenvalue weighted by molar-refractivity contribution is 0.898. The van der Waals surface area contributed by atoms with Crippen molar-refractivity contribution in [2.75, 3.05) is 10.7 Å². The van der Waals surface area contributed by atoms with Crippen LogP contribution in [0.4, 0.5) is 17.6 Å². The summed E-state index contributed by atoms with van der Waals surface area (Å²) in [6, 6.07) is 7.66. The van der Waals surface area contributed by atoms with Crippen molar-refractivity contribution < 1.29 is 0 Å². The van der Waals surface area contributed by atoms with Gasteiger partial charge in [0.25, 0.3) is 0 Å².